The van der Waals surface area contributed by atoms with Gasteiger partial charge in [-0.1, -0.05) is 43.5 Å². The first-order valence-corrected chi connectivity index (χ1v) is 5.40. The summed E-state index contributed by atoms with van der Waals surface area (Å²) in [4.78, 5) is 0. The molecule has 0 radical (unpaired) electrons. The van der Waals surface area contributed by atoms with Crippen molar-refractivity contribution >= 4 is 17.6 Å². The second kappa shape index (κ2) is 4.61. The Hall–Kier alpha value is -0.365. The number of rotatable bonds is 3. The summed E-state index contributed by atoms with van der Waals surface area (Å²) in [6.07, 6.45) is 0. The second-order valence-corrected chi connectivity index (χ2v) is 4.91. The molecule has 0 aliphatic carbocycles. The van der Waals surface area contributed by atoms with Crippen molar-refractivity contribution in [3.63, 3.8) is 0 Å². The SMILES string of the molecule is CB(C)SCc1ccc(C)cc1. The molecule has 1 aromatic carbocycles. The van der Waals surface area contributed by atoms with Gasteiger partial charge in [0, 0.05) is 5.75 Å². The highest BCUT2D eigenvalue weighted by atomic mass is 32.2. The lowest BCUT2D eigenvalue weighted by molar-refractivity contribution is 1.37. The van der Waals surface area contributed by atoms with Gasteiger partial charge in [0.15, 0.2) is 0 Å². The van der Waals surface area contributed by atoms with Crippen molar-refractivity contribution in [1.82, 2.24) is 0 Å². The first-order chi connectivity index (χ1) is 5.68. The highest BCUT2D eigenvalue weighted by Crippen LogP contribution is 2.15. The first kappa shape index (κ1) is 9.72. The van der Waals surface area contributed by atoms with Crippen molar-refractivity contribution in [1.29, 1.82) is 0 Å². The molecule has 0 heterocycles. The van der Waals surface area contributed by atoms with Gasteiger partial charge >= 0.3 is 0 Å². The highest BCUT2D eigenvalue weighted by Gasteiger charge is 1.98. The number of aryl methyl sites for hydroxylation is 1. The molecule has 0 nitrogen and oxygen atoms in total. The first-order valence-electron chi connectivity index (χ1n) is 4.35. The van der Waals surface area contributed by atoms with E-state index in [9.17, 15) is 0 Å². The molecule has 0 aliphatic heterocycles. The van der Waals surface area contributed by atoms with Crippen LogP contribution < -0.4 is 0 Å². The lowest BCUT2D eigenvalue weighted by atomic mass is 9.84. The summed E-state index contributed by atoms with van der Waals surface area (Å²) in [6, 6.07) is 8.78. The van der Waals surface area contributed by atoms with Crippen LogP contribution in [0.25, 0.3) is 0 Å². The molecule has 1 rings (SSSR count). The van der Waals surface area contributed by atoms with E-state index in [1.165, 1.54) is 11.1 Å². The van der Waals surface area contributed by atoms with Crippen LogP contribution in [0.3, 0.4) is 0 Å². The molecular formula is C10H15BS. The molecule has 0 amide bonds. The fourth-order valence-electron chi connectivity index (χ4n) is 0.947. The normalized spacial score (nSPS) is 9.92. The highest BCUT2D eigenvalue weighted by molar-refractivity contribution is 8.24. The smallest absolute Gasteiger partial charge is 0.203 e. The second-order valence-electron chi connectivity index (χ2n) is 3.35. The Bertz CT molecular complexity index is 228. The molecule has 0 N–H and O–H groups in total. The molecule has 0 bridgehead atoms. The Labute approximate surface area is 79.7 Å². The van der Waals surface area contributed by atoms with E-state index < -0.39 is 0 Å². The van der Waals surface area contributed by atoms with Crippen molar-refractivity contribution in [2.24, 2.45) is 0 Å². The van der Waals surface area contributed by atoms with E-state index in [4.69, 9.17) is 0 Å². The number of hydrogen-bond acceptors (Lipinski definition) is 1. The van der Waals surface area contributed by atoms with Gasteiger partial charge in [0.05, 0.1) is 0 Å². The molecule has 0 unspecified atom stereocenters. The largest absolute Gasteiger partial charge is 0.206 e. The van der Waals surface area contributed by atoms with Gasteiger partial charge in [0.25, 0.3) is 0 Å². The fraction of sp³-hybridized carbons (Fsp3) is 0.400. The Morgan fingerprint density at radius 3 is 2.25 bits per heavy atom. The Morgan fingerprint density at radius 1 is 1.17 bits per heavy atom. The van der Waals surface area contributed by atoms with Crippen molar-refractivity contribution < 1.29 is 0 Å². The quantitative estimate of drug-likeness (QED) is 0.638. The predicted molar refractivity (Wildman–Crippen MR) is 60.0 cm³/mol. The van der Waals surface area contributed by atoms with E-state index in [0.29, 0.717) is 0 Å². The van der Waals surface area contributed by atoms with Crippen molar-refractivity contribution in [3.05, 3.63) is 35.4 Å². The van der Waals surface area contributed by atoms with E-state index in [0.717, 1.165) is 11.7 Å². The van der Waals surface area contributed by atoms with Gasteiger partial charge in [-0.25, -0.2) is 11.6 Å². The van der Waals surface area contributed by atoms with Gasteiger partial charge in [0.2, 0.25) is 5.99 Å². The summed E-state index contributed by atoms with van der Waals surface area (Å²) in [5, 5.41) is 0. The maximum Gasteiger partial charge on any atom is 0.203 e. The average Bonchev–Trinajstić information content (AvgIpc) is 2.03. The average molecular weight is 178 g/mol. The number of benzene rings is 1. The molecular weight excluding hydrogens is 163 g/mol. The summed E-state index contributed by atoms with van der Waals surface area (Å²) >= 11 is 1.99. The van der Waals surface area contributed by atoms with E-state index >= 15 is 0 Å². The van der Waals surface area contributed by atoms with Crippen LogP contribution in [0.5, 0.6) is 0 Å². The van der Waals surface area contributed by atoms with Crippen LogP contribution in [0.15, 0.2) is 24.3 Å². The molecule has 0 aromatic heterocycles. The van der Waals surface area contributed by atoms with Crippen LogP contribution >= 0.6 is 11.6 Å². The molecule has 0 aliphatic rings. The zero-order valence-corrected chi connectivity index (χ0v) is 8.82. The third-order valence-electron chi connectivity index (χ3n) is 1.70. The third-order valence-corrected chi connectivity index (χ3v) is 2.87. The molecule has 2 heteroatoms. The topological polar surface area (TPSA) is 0 Å². The maximum atomic E-state index is 2.23. The van der Waals surface area contributed by atoms with Gasteiger partial charge < -0.3 is 0 Å². The summed E-state index contributed by atoms with van der Waals surface area (Å²) in [5.74, 6) is 1.86. The lowest BCUT2D eigenvalue weighted by Crippen LogP contribution is -1.93. The zero-order valence-electron chi connectivity index (χ0n) is 8.00. The molecule has 12 heavy (non-hydrogen) atoms. The number of hydrogen-bond donors (Lipinski definition) is 0. The summed E-state index contributed by atoms with van der Waals surface area (Å²) < 4.78 is 0. The molecule has 0 fully saturated rings. The van der Waals surface area contributed by atoms with E-state index in [2.05, 4.69) is 44.8 Å². The Balaban J connectivity index is 2.48. The van der Waals surface area contributed by atoms with Crippen LogP contribution in [0, 0.1) is 6.92 Å². The summed E-state index contributed by atoms with van der Waals surface area (Å²) in [7, 11) is 0. The predicted octanol–water partition coefficient (Wildman–Crippen LogP) is 3.48. The molecule has 0 spiro atoms. The van der Waals surface area contributed by atoms with Gasteiger partial charge in [-0.3, -0.25) is 0 Å². The van der Waals surface area contributed by atoms with Crippen LogP contribution in [0.2, 0.25) is 13.6 Å². The monoisotopic (exact) mass is 178 g/mol. The van der Waals surface area contributed by atoms with E-state index in [-0.39, 0.29) is 0 Å². The minimum atomic E-state index is 0.728. The van der Waals surface area contributed by atoms with Crippen molar-refractivity contribution in [2.75, 3.05) is 0 Å². The van der Waals surface area contributed by atoms with Gasteiger partial charge in [-0.15, -0.1) is 0 Å². The summed E-state index contributed by atoms with van der Waals surface area (Å²) in [6.45, 7) is 6.59. The van der Waals surface area contributed by atoms with Crippen molar-refractivity contribution in [3.8, 4) is 0 Å². The van der Waals surface area contributed by atoms with Crippen LogP contribution in [0.1, 0.15) is 11.1 Å². The molecule has 0 saturated carbocycles. The molecule has 0 saturated heterocycles. The minimum absolute atomic E-state index is 0.728. The van der Waals surface area contributed by atoms with Crippen LogP contribution in [-0.2, 0) is 5.75 Å². The third kappa shape index (κ3) is 3.35. The molecule has 64 valence electrons. The molecule has 1 aromatic rings. The summed E-state index contributed by atoms with van der Waals surface area (Å²) in [5.41, 5.74) is 2.77. The van der Waals surface area contributed by atoms with Gasteiger partial charge in [-0.2, -0.15) is 0 Å². The van der Waals surface area contributed by atoms with Crippen LogP contribution in [0.4, 0.5) is 0 Å². The maximum absolute atomic E-state index is 2.23. The standard InChI is InChI=1S/C10H15BS/c1-9-4-6-10(7-5-9)8-12-11(2)3/h4-7H,8H2,1-3H3. The van der Waals surface area contributed by atoms with Gasteiger partial charge in [-0.05, 0) is 12.5 Å². The fourth-order valence-corrected chi connectivity index (χ4v) is 1.67. The van der Waals surface area contributed by atoms with E-state index in [1.54, 1.807) is 0 Å². The molecule has 0 atom stereocenters. The Kier molecular flexibility index (Phi) is 3.73. The van der Waals surface area contributed by atoms with Gasteiger partial charge in [0.1, 0.15) is 0 Å². The van der Waals surface area contributed by atoms with E-state index in [1.807, 2.05) is 11.6 Å². The zero-order chi connectivity index (χ0) is 8.97. The Morgan fingerprint density at radius 2 is 1.75 bits per heavy atom. The van der Waals surface area contributed by atoms with Crippen LogP contribution in [-0.4, -0.2) is 5.99 Å². The minimum Gasteiger partial charge on any atom is -0.206 e. The lowest BCUT2D eigenvalue weighted by Gasteiger charge is -2.02. The van der Waals surface area contributed by atoms with Crippen molar-refractivity contribution in [2.45, 2.75) is 26.3 Å².